The predicted molar refractivity (Wildman–Crippen MR) is 80.9 cm³/mol. The first-order valence-electron chi connectivity index (χ1n) is 6.63. The molecule has 1 aromatic carbocycles. The highest BCUT2D eigenvalue weighted by Crippen LogP contribution is 2.35. The van der Waals surface area contributed by atoms with E-state index in [4.69, 9.17) is 5.73 Å². The Bertz CT molecular complexity index is 612. The lowest BCUT2D eigenvalue weighted by Crippen LogP contribution is -2.29. The summed E-state index contributed by atoms with van der Waals surface area (Å²) in [5, 5.41) is 0. The van der Waals surface area contributed by atoms with Crippen LogP contribution in [-0.4, -0.2) is 20.6 Å². The summed E-state index contributed by atoms with van der Waals surface area (Å²) in [5.74, 6) is -1.53. The molecule has 6 heteroatoms. The molecule has 0 unspecified atom stereocenters. The molecule has 0 saturated heterocycles. The topological polar surface area (TPSA) is 43.8 Å². The number of nitrogen functional groups attached to an aromatic ring is 1. The second-order valence-electron chi connectivity index (χ2n) is 4.88. The Kier molecular flexibility index (Phi) is 4.22. The van der Waals surface area contributed by atoms with Crippen molar-refractivity contribution in [3.05, 3.63) is 23.8 Å². The highest BCUT2D eigenvalue weighted by atomic mass is 32.2. The summed E-state index contributed by atoms with van der Waals surface area (Å²) in [7, 11) is 0. The van der Waals surface area contributed by atoms with Gasteiger partial charge >= 0.3 is 0 Å². The molecule has 2 aromatic rings. The molecule has 1 aromatic heterocycles. The van der Waals surface area contributed by atoms with E-state index >= 15 is 0 Å². The number of halogens is 2. The third-order valence-electron chi connectivity index (χ3n) is 4.00. The number of hydrogen-bond acceptors (Lipinski definition) is 3. The third-order valence-corrected chi connectivity index (χ3v) is 5.57. The van der Waals surface area contributed by atoms with Crippen molar-refractivity contribution in [2.45, 2.75) is 38.0 Å². The molecule has 3 nitrogen and oxygen atoms in total. The molecule has 0 saturated carbocycles. The Hall–Kier alpha value is -1.30. The minimum Gasteiger partial charge on any atom is -0.369 e. The number of hydrogen-bond donors (Lipinski definition) is 1. The summed E-state index contributed by atoms with van der Waals surface area (Å²) in [5.41, 5.74) is 6.44. The van der Waals surface area contributed by atoms with Crippen molar-refractivity contribution in [1.29, 1.82) is 0 Å². The molecule has 0 aliphatic carbocycles. The van der Waals surface area contributed by atoms with Crippen LogP contribution in [-0.2, 0) is 6.54 Å². The van der Waals surface area contributed by atoms with E-state index in [1.54, 1.807) is 16.3 Å². The molecule has 1 heterocycles. The molecule has 20 heavy (non-hydrogen) atoms. The molecular weight excluding hydrogens is 280 g/mol. The molecule has 0 bridgehead atoms. The SMILES string of the molecule is CCC(CC)(Cn1c(N)nc2ccc(F)c(F)c21)SC. The maximum Gasteiger partial charge on any atom is 0.201 e. The van der Waals surface area contributed by atoms with E-state index in [1.807, 2.05) is 6.26 Å². The molecule has 0 aliphatic rings. The van der Waals surface area contributed by atoms with Crippen LogP contribution >= 0.6 is 11.8 Å². The first-order valence-corrected chi connectivity index (χ1v) is 7.85. The van der Waals surface area contributed by atoms with Gasteiger partial charge in [0, 0.05) is 11.3 Å². The number of thioether (sulfide) groups is 1. The minimum absolute atomic E-state index is 0.0551. The highest BCUT2D eigenvalue weighted by Gasteiger charge is 2.28. The lowest BCUT2D eigenvalue weighted by atomic mass is 10.0. The fraction of sp³-hybridized carbons (Fsp3) is 0.500. The van der Waals surface area contributed by atoms with Gasteiger partial charge in [-0.1, -0.05) is 13.8 Å². The molecule has 110 valence electrons. The summed E-state index contributed by atoms with van der Waals surface area (Å²) in [6.45, 7) is 4.70. The number of anilines is 1. The predicted octanol–water partition coefficient (Wildman–Crippen LogP) is 3.82. The van der Waals surface area contributed by atoms with Gasteiger partial charge in [0.2, 0.25) is 5.95 Å². The summed E-state index contributed by atoms with van der Waals surface area (Å²) >= 11 is 1.72. The standard InChI is InChI=1S/C14H19F2N3S/c1-4-14(5-2,20-3)8-19-12-10(18-13(19)17)7-6-9(15)11(12)16/h6-7H,4-5,8H2,1-3H3,(H2,17,18). The van der Waals surface area contributed by atoms with Crippen LogP contribution in [0, 0.1) is 11.6 Å². The quantitative estimate of drug-likeness (QED) is 0.913. The Labute approximate surface area is 121 Å². The van der Waals surface area contributed by atoms with Gasteiger partial charge in [-0.3, -0.25) is 0 Å². The molecule has 0 fully saturated rings. The summed E-state index contributed by atoms with van der Waals surface area (Å²) in [6, 6.07) is 2.54. The van der Waals surface area contributed by atoms with E-state index < -0.39 is 11.6 Å². The average Bonchev–Trinajstić information content (AvgIpc) is 2.77. The molecule has 2 N–H and O–H groups in total. The van der Waals surface area contributed by atoms with Crippen molar-refractivity contribution in [1.82, 2.24) is 9.55 Å². The van der Waals surface area contributed by atoms with Crippen LogP contribution in [0.5, 0.6) is 0 Å². The van der Waals surface area contributed by atoms with Crippen molar-refractivity contribution in [3.63, 3.8) is 0 Å². The van der Waals surface area contributed by atoms with Crippen molar-refractivity contribution >= 4 is 28.7 Å². The monoisotopic (exact) mass is 299 g/mol. The maximum atomic E-state index is 14.1. The Morgan fingerprint density at radius 2 is 1.95 bits per heavy atom. The number of nitrogens with zero attached hydrogens (tertiary/aromatic N) is 2. The van der Waals surface area contributed by atoms with E-state index in [0.29, 0.717) is 12.1 Å². The van der Waals surface area contributed by atoms with E-state index in [9.17, 15) is 8.78 Å². The van der Waals surface area contributed by atoms with Gasteiger partial charge in [-0.15, -0.1) is 0 Å². The van der Waals surface area contributed by atoms with E-state index in [1.165, 1.54) is 6.07 Å². The number of nitrogens with two attached hydrogens (primary N) is 1. The number of fused-ring (bicyclic) bond motifs is 1. The van der Waals surface area contributed by atoms with Crippen LogP contribution in [0.2, 0.25) is 0 Å². The van der Waals surface area contributed by atoms with Crippen LogP contribution in [0.25, 0.3) is 11.0 Å². The van der Waals surface area contributed by atoms with Crippen LogP contribution in [0.1, 0.15) is 26.7 Å². The van der Waals surface area contributed by atoms with Crippen LogP contribution in [0.3, 0.4) is 0 Å². The second-order valence-corrected chi connectivity index (χ2v) is 6.15. The largest absolute Gasteiger partial charge is 0.369 e. The molecule has 0 aliphatic heterocycles. The Morgan fingerprint density at radius 3 is 2.50 bits per heavy atom. The summed E-state index contributed by atoms with van der Waals surface area (Å²) in [4.78, 5) is 4.13. The molecule has 0 atom stereocenters. The number of aromatic nitrogens is 2. The minimum atomic E-state index is -0.881. The lowest BCUT2D eigenvalue weighted by Gasteiger charge is -2.30. The van der Waals surface area contributed by atoms with Crippen LogP contribution < -0.4 is 5.73 Å². The zero-order valence-corrected chi connectivity index (χ0v) is 12.7. The smallest absolute Gasteiger partial charge is 0.201 e. The Morgan fingerprint density at radius 1 is 1.30 bits per heavy atom. The van der Waals surface area contributed by atoms with Gasteiger partial charge in [0.15, 0.2) is 11.6 Å². The van der Waals surface area contributed by atoms with Gasteiger partial charge < -0.3 is 10.3 Å². The number of benzene rings is 1. The van der Waals surface area contributed by atoms with Gasteiger partial charge in [-0.05, 0) is 31.2 Å². The van der Waals surface area contributed by atoms with Gasteiger partial charge in [-0.25, -0.2) is 13.8 Å². The van der Waals surface area contributed by atoms with E-state index in [2.05, 4.69) is 18.8 Å². The van der Waals surface area contributed by atoms with Crippen LogP contribution in [0.15, 0.2) is 12.1 Å². The zero-order valence-electron chi connectivity index (χ0n) is 11.9. The molecule has 0 radical (unpaired) electrons. The van der Waals surface area contributed by atoms with E-state index in [0.717, 1.165) is 18.9 Å². The van der Waals surface area contributed by atoms with Crippen molar-refractivity contribution in [2.75, 3.05) is 12.0 Å². The first-order chi connectivity index (χ1) is 9.48. The van der Waals surface area contributed by atoms with Gasteiger partial charge in [0.1, 0.15) is 5.52 Å². The zero-order chi connectivity index (χ0) is 14.9. The van der Waals surface area contributed by atoms with Gasteiger partial charge in [-0.2, -0.15) is 11.8 Å². The molecule has 0 spiro atoms. The third kappa shape index (κ3) is 2.37. The van der Waals surface area contributed by atoms with Gasteiger partial charge in [0.25, 0.3) is 0 Å². The number of rotatable bonds is 5. The molecule has 2 rings (SSSR count). The maximum absolute atomic E-state index is 14.1. The lowest BCUT2D eigenvalue weighted by molar-refractivity contribution is 0.467. The fourth-order valence-corrected chi connectivity index (χ4v) is 3.29. The number of imidazole rings is 1. The van der Waals surface area contributed by atoms with Crippen molar-refractivity contribution in [2.24, 2.45) is 0 Å². The van der Waals surface area contributed by atoms with E-state index in [-0.39, 0.29) is 16.2 Å². The summed E-state index contributed by atoms with van der Waals surface area (Å²) < 4.78 is 29.1. The Balaban J connectivity index is 2.59. The van der Waals surface area contributed by atoms with Crippen molar-refractivity contribution in [3.8, 4) is 0 Å². The first kappa shape index (κ1) is 15.1. The van der Waals surface area contributed by atoms with Crippen LogP contribution in [0.4, 0.5) is 14.7 Å². The fourth-order valence-electron chi connectivity index (χ4n) is 2.45. The summed E-state index contributed by atoms with van der Waals surface area (Å²) in [6.07, 6.45) is 3.86. The normalized spacial score (nSPS) is 12.2. The highest BCUT2D eigenvalue weighted by molar-refractivity contribution is 8.00. The molecule has 0 amide bonds. The van der Waals surface area contributed by atoms with Gasteiger partial charge in [0.05, 0.1) is 5.52 Å². The molecular formula is C14H19F2N3S. The average molecular weight is 299 g/mol. The van der Waals surface area contributed by atoms with Crippen molar-refractivity contribution < 1.29 is 8.78 Å². The second kappa shape index (κ2) is 5.60.